The summed E-state index contributed by atoms with van der Waals surface area (Å²) >= 11 is 1.41. The predicted molar refractivity (Wildman–Crippen MR) is 89.5 cm³/mol. The van der Waals surface area contributed by atoms with E-state index >= 15 is 0 Å². The molecule has 22 heavy (non-hydrogen) atoms. The molecule has 0 saturated heterocycles. The van der Waals surface area contributed by atoms with Crippen LogP contribution >= 0.6 is 11.3 Å². The normalized spacial score (nSPS) is 10.2. The molecule has 2 N–H and O–H groups in total. The van der Waals surface area contributed by atoms with E-state index in [9.17, 15) is 9.59 Å². The Hall–Kier alpha value is -2.34. The van der Waals surface area contributed by atoms with Crippen molar-refractivity contribution in [3.63, 3.8) is 0 Å². The molecule has 116 valence electrons. The van der Waals surface area contributed by atoms with Gasteiger partial charge in [-0.3, -0.25) is 20.4 Å². The molecule has 0 unspecified atom stereocenters. The molecule has 2 rings (SSSR count). The lowest BCUT2D eigenvalue weighted by Gasteiger charge is -2.13. The van der Waals surface area contributed by atoms with Gasteiger partial charge in [0, 0.05) is 30.2 Å². The highest BCUT2D eigenvalue weighted by molar-refractivity contribution is 7.14. The topological polar surface area (TPSA) is 61.4 Å². The van der Waals surface area contributed by atoms with Gasteiger partial charge in [-0.2, -0.15) is 0 Å². The second-order valence-corrected chi connectivity index (χ2v) is 6.46. The fraction of sp³-hybridized carbons (Fsp3) is 0.250. The first-order valence-corrected chi connectivity index (χ1v) is 7.65. The summed E-state index contributed by atoms with van der Waals surface area (Å²) in [5.41, 5.74) is 7.37. The molecule has 0 atom stereocenters. The van der Waals surface area contributed by atoms with Gasteiger partial charge in [-0.05, 0) is 43.7 Å². The van der Waals surface area contributed by atoms with Crippen LogP contribution in [0, 0.1) is 13.8 Å². The zero-order valence-electron chi connectivity index (χ0n) is 13.1. The van der Waals surface area contributed by atoms with Crippen LogP contribution in [0.2, 0.25) is 0 Å². The van der Waals surface area contributed by atoms with Crippen molar-refractivity contribution in [3.8, 4) is 0 Å². The van der Waals surface area contributed by atoms with Crippen molar-refractivity contribution in [2.24, 2.45) is 0 Å². The Bertz CT molecular complexity index is 688. The fourth-order valence-electron chi connectivity index (χ4n) is 1.86. The number of amides is 2. The molecule has 2 aromatic rings. The molecule has 2 amide bonds. The molecule has 0 fully saturated rings. The summed E-state index contributed by atoms with van der Waals surface area (Å²) in [6, 6.07) is 8.99. The number of carbonyl (C=O) groups is 2. The van der Waals surface area contributed by atoms with Gasteiger partial charge in [0.05, 0.1) is 4.88 Å². The summed E-state index contributed by atoms with van der Waals surface area (Å²) in [5, 5.41) is 0. The Morgan fingerprint density at radius 2 is 1.73 bits per heavy atom. The fourth-order valence-corrected chi connectivity index (χ4v) is 2.79. The molecule has 1 aromatic heterocycles. The van der Waals surface area contributed by atoms with Crippen LogP contribution in [0.15, 0.2) is 30.3 Å². The summed E-state index contributed by atoms with van der Waals surface area (Å²) in [6.07, 6.45) is 0. The maximum absolute atomic E-state index is 12.1. The molecule has 0 aliphatic heterocycles. The maximum Gasteiger partial charge on any atom is 0.279 e. The van der Waals surface area contributed by atoms with E-state index in [-0.39, 0.29) is 11.8 Å². The van der Waals surface area contributed by atoms with Crippen molar-refractivity contribution in [1.82, 2.24) is 10.9 Å². The molecule has 0 bridgehead atoms. The molecule has 0 aliphatic carbocycles. The van der Waals surface area contributed by atoms with E-state index in [4.69, 9.17) is 0 Å². The number of carbonyl (C=O) groups excluding carboxylic acids is 2. The molecule has 1 aromatic carbocycles. The number of anilines is 1. The van der Waals surface area contributed by atoms with E-state index in [0.29, 0.717) is 10.4 Å². The van der Waals surface area contributed by atoms with E-state index in [1.807, 2.05) is 45.0 Å². The number of nitrogens with zero attached hydrogens (tertiary/aromatic N) is 1. The van der Waals surface area contributed by atoms with E-state index in [1.54, 1.807) is 18.2 Å². The van der Waals surface area contributed by atoms with Crippen LogP contribution in [-0.4, -0.2) is 25.9 Å². The number of aryl methyl sites for hydroxylation is 2. The quantitative estimate of drug-likeness (QED) is 0.855. The van der Waals surface area contributed by atoms with Crippen molar-refractivity contribution in [1.29, 1.82) is 0 Å². The van der Waals surface area contributed by atoms with Gasteiger partial charge in [0.25, 0.3) is 11.8 Å². The predicted octanol–water partition coefficient (Wildman–Crippen LogP) is 2.51. The van der Waals surface area contributed by atoms with Gasteiger partial charge in [0.15, 0.2) is 0 Å². The van der Waals surface area contributed by atoms with Gasteiger partial charge < -0.3 is 4.90 Å². The van der Waals surface area contributed by atoms with Crippen LogP contribution in [0.5, 0.6) is 0 Å². The third-order valence-corrected chi connectivity index (χ3v) is 4.46. The van der Waals surface area contributed by atoms with E-state index in [2.05, 4.69) is 10.9 Å². The van der Waals surface area contributed by atoms with E-state index in [0.717, 1.165) is 16.1 Å². The highest BCUT2D eigenvalue weighted by Gasteiger charge is 2.12. The maximum atomic E-state index is 12.1. The average molecular weight is 317 g/mol. The van der Waals surface area contributed by atoms with Gasteiger partial charge in [0.2, 0.25) is 0 Å². The molecule has 6 heteroatoms. The van der Waals surface area contributed by atoms with E-state index in [1.165, 1.54) is 11.3 Å². The number of hydrogen-bond donors (Lipinski definition) is 2. The number of hydrogen-bond acceptors (Lipinski definition) is 4. The first-order valence-electron chi connectivity index (χ1n) is 6.83. The lowest BCUT2D eigenvalue weighted by Crippen LogP contribution is -2.41. The second kappa shape index (κ2) is 6.62. The highest BCUT2D eigenvalue weighted by atomic mass is 32.1. The van der Waals surface area contributed by atoms with Crippen LogP contribution in [-0.2, 0) is 0 Å². The Morgan fingerprint density at radius 1 is 1.05 bits per heavy atom. The Morgan fingerprint density at radius 3 is 2.32 bits per heavy atom. The molecule has 0 saturated carbocycles. The van der Waals surface area contributed by atoms with Crippen molar-refractivity contribution < 1.29 is 9.59 Å². The van der Waals surface area contributed by atoms with Crippen LogP contribution in [0.1, 0.15) is 30.5 Å². The van der Waals surface area contributed by atoms with Crippen LogP contribution < -0.4 is 15.8 Å². The van der Waals surface area contributed by atoms with Gasteiger partial charge in [0.1, 0.15) is 0 Å². The molecule has 1 heterocycles. The Labute approximate surface area is 133 Å². The van der Waals surface area contributed by atoms with Gasteiger partial charge in [-0.25, -0.2) is 0 Å². The van der Waals surface area contributed by atoms with Gasteiger partial charge in [-0.1, -0.05) is 6.07 Å². The number of nitrogens with one attached hydrogen (secondary N) is 2. The van der Waals surface area contributed by atoms with Crippen molar-refractivity contribution >= 4 is 28.8 Å². The first kappa shape index (κ1) is 16.0. The largest absolute Gasteiger partial charge is 0.378 e. The standard InChI is InChI=1S/C16H19N3O2S/c1-10-8-14(22-11(10)2)16(21)18-17-15(20)12-6-5-7-13(9-12)19(3)4/h5-9H,1-4H3,(H,17,20)(H,18,21). The molecule has 0 spiro atoms. The minimum atomic E-state index is -0.345. The summed E-state index contributed by atoms with van der Waals surface area (Å²) in [6.45, 7) is 3.91. The average Bonchev–Trinajstić information content (AvgIpc) is 2.84. The zero-order valence-corrected chi connectivity index (χ0v) is 13.9. The molecular formula is C16H19N3O2S. The lowest BCUT2D eigenvalue weighted by molar-refractivity contribution is 0.0849. The summed E-state index contributed by atoms with van der Waals surface area (Å²) < 4.78 is 0. The molecule has 0 radical (unpaired) electrons. The van der Waals surface area contributed by atoms with Crippen molar-refractivity contribution in [2.45, 2.75) is 13.8 Å². The van der Waals surface area contributed by atoms with Gasteiger partial charge >= 0.3 is 0 Å². The lowest BCUT2D eigenvalue weighted by atomic mass is 10.2. The zero-order chi connectivity index (χ0) is 16.3. The monoisotopic (exact) mass is 317 g/mol. The first-order chi connectivity index (χ1) is 10.4. The number of rotatable bonds is 3. The van der Waals surface area contributed by atoms with Crippen LogP contribution in [0.3, 0.4) is 0 Å². The molecular weight excluding hydrogens is 298 g/mol. The molecule has 5 nitrogen and oxygen atoms in total. The second-order valence-electron chi connectivity index (χ2n) is 5.20. The minimum Gasteiger partial charge on any atom is -0.378 e. The summed E-state index contributed by atoms with van der Waals surface area (Å²) in [7, 11) is 3.81. The third kappa shape index (κ3) is 3.65. The van der Waals surface area contributed by atoms with Crippen molar-refractivity contribution in [2.75, 3.05) is 19.0 Å². The Balaban J connectivity index is 2.00. The van der Waals surface area contributed by atoms with Crippen molar-refractivity contribution in [3.05, 3.63) is 51.2 Å². The number of benzene rings is 1. The SMILES string of the molecule is Cc1cc(C(=O)NNC(=O)c2cccc(N(C)C)c2)sc1C. The number of hydrazine groups is 1. The minimum absolute atomic E-state index is 0.307. The van der Waals surface area contributed by atoms with Crippen LogP contribution in [0.4, 0.5) is 5.69 Å². The molecule has 0 aliphatic rings. The van der Waals surface area contributed by atoms with Crippen LogP contribution in [0.25, 0.3) is 0 Å². The van der Waals surface area contributed by atoms with Gasteiger partial charge in [-0.15, -0.1) is 11.3 Å². The Kier molecular flexibility index (Phi) is 4.82. The number of thiophene rings is 1. The summed E-state index contributed by atoms with van der Waals surface area (Å²) in [4.78, 5) is 27.7. The summed E-state index contributed by atoms with van der Waals surface area (Å²) in [5.74, 6) is -0.652. The highest BCUT2D eigenvalue weighted by Crippen LogP contribution is 2.20. The third-order valence-electron chi connectivity index (χ3n) is 3.30. The van der Waals surface area contributed by atoms with E-state index < -0.39 is 0 Å². The smallest absolute Gasteiger partial charge is 0.279 e.